The van der Waals surface area contributed by atoms with Crippen LogP contribution in [0.2, 0.25) is 0 Å². The predicted molar refractivity (Wildman–Crippen MR) is 65.6 cm³/mol. The van der Waals surface area contributed by atoms with E-state index in [1.54, 1.807) is 4.80 Å². The lowest BCUT2D eigenvalue weighted by Crippen LogP contribution is -2.35. The predicted octanol–water partition coefficient (Wildman–Crippen LogP) is 0.887. The van der Waals surface area contributed by atoms with Crippen LogP contribution in [0.15, 0.2) is 0 Å². The van der Waals surface area contributed by atoms with Crippen molar-refractivity contribution < 1.29 is 4.80 Å². The quantitative estimate of drug-likeness (QED) is 0.572. The second-order valence-electron chi connectivity index (χ2n) is 4.00. The van der Waals surface area contributed by atoms with E-state index in [9.17, 15) is 0 Å². The molecule has 0 aliphatic heterocycles. The van der Waals surface area contributed by atoms with Crippen molar-refractivity contribution in [3.8, 4) is 0 Å². The molecule has 5 nitrogen and oxygen atoms in total. The molecule has 0 spiro atoms. The maximum Gasteiger partial charge on any atom is 0.347 e. The second kappa shape index (κ2) is 6.75. The molecular weight excluding hydrogens is 222 g/mol. The van der Waals surface area contributed by atoms with Gasteiger partial charge in [-0.1, -0.05) is 23.9 Å². The molecule has 0 unspecified atom stereocenters. The van der Waals surface area contributed by atoms with Gasteiger partial charge in [0.2, 0.25) is 0 Å². The Morgan fingerprint density at radius 2 is 1.94 bits per heavy atom. The first-order chi connectivity index (χ1) is 7.67. The topological polar surface area (TPSA) is 40.7 Å². The molecule has 1 aromatic rings. The smallest absolute Gasteiger partial charge is 0.299 e. The molecule has 0 amide bonds. The van der Waals surface area contributed by atoms with Gasteiger partial charge in [-0.05, 0) is 43.2 Å². The summed E-state index contributed by atoms with van der Waals surface area (Å²) in [6, 6.07) is 0. The Bertz CT molecular complexity index is 350. The lowest BCUT2D eigenvalue weighted by atomic mass is 10.3. The van der Waals surface area contributed by atoms with Gasteiger partial charge in [0.1, 0.15) is 13.6 Å². The third-order valence-electron chi connectivity index (χ3n) is 2.45. The molecule has 6 heteroatoms. The van der Waals surface area contributed by atoms with Gasteiger partial charge in [0, 0.05) is 6.54 Å². The molecule has 0 aromatic carbocycles. The molecule has 16 heavy (non-hydrogen) atoms. The van der Waals surface area contributed by atoms with Crippen molar-refractivity contribution >= 4 is 12.2 Å². The maximum atomic E-state index is 5.14. The van der Waals surface area contributed by atoms with Crippen LogP contribution in [-0.4, -0.2) is 39.5 Å². The highest BCUT2D eigenvalue weighted by Gasteiger charge is 2.08. The first-order valence-corrected chi connectivity index (χ1v) is 6.33. The third kappa shape index (κ3) is 4.02. The van der Waals surface area contributed by atoms with E-state index < -0.39 is 0 Å². The number of rotatable bonds is 7. The van der Waals surface area contributed by atoms with Crippen molar-refractivity contribution in [2.45, 2.75) is 33.2 Å². The van der Waals surface area contributed by atoms with Gasteiger partial charge in [-0.3, -0.25) is 4.90 Å². The minimum Gasteiger partial charge on any atom is -0.299 e. The molecule has 1 rings (SSSR count). The number of aromatic nitrogens is 4. The van der Waals surface area contributed by atoms with Gasteiger partial charge >= 0.3 is 4.77 Å². The number of nitrogens with zero attached hydrogens (tertiary/aromatic N) is 4. The van der Waals surface area contributed by atoms with Crippen LogP contribution in [0.3, 0.4) is 0 Å². The van der Waals surface area contributed by atoms with Crippen molar-refractivity contribution in [3.05, 3.63) is 4.77 Å². The molecule has 0 aliphatic carbocycles. The van der Waals surface area contributed by atoms with Gasteiger partial charge in [-0.2, -0.15) is 0 Å². The molecule has 0 fully saturated rings. The Balaban J connectivity index is 2.48. The zero-order valence-electron chi connectivity index (χ0n) is 10.4. The molecule has 1 heterocycles. The number of tetrazole rings is 1. The minimum absolute atomic E-state index is 0.621. The molecule has 92 valence electrons. The summed E-state index contributed by atoms with van der Waals surface area (Å²) in [6.45, 7) is 8.64. The average molecular weight is 244 g/mol. The van der Waals surface area contributed by atoms with Crippen LogP contribution in [0.25, 0.3) is 0 Å². The number of aromatic amines is 1. The summed E-state index contributed by atoms with van der Waals surface area (Å²) in [6.07, 6.45) is 2.39. The molecule has 1 aromatic heterocycles. The van der Waals surface area contributed by atoms with Crippen molar-refractivity contribution in [2.24, 2.45) is 7.05 Å². The van der Waals surface area contributed by atoms with Crippen molar-refractivity contribution in [3.63, 3.8) is 0 Å². The van der Waals surface area contributed by atoms with Gasteiger partial charge < -0.3 is 0 Å². The summed E-state index contributed by atoms with van der Waals surface area (Å²) in [7, 11) is 1.85. The first-order valence-electron chi connectivity index (χ1n) is 5.92. The van der Waals surface area contributed by atoms with E-state index in [0.29, 0.717) is 4.77 Å². The largest absolute Gasteiger partial charge is 0.347 e. The summed E-state index contributed by atoms with van der Waals surface area (Å²) >= 11 is 5.14. The zero-order valence-corrected chi connectivity index (χ0v) is 11.3. The Labute approximate surface area is 102 Å². The van der Waals surface area contributed by atoms with Crippen molar-refractivity contribution in [2.75, 3.05) is 19.6 Å². The number of aryl methyl sites for hydroxylation is 1. The van der Waals surface area contributed by atoms with E-state index in [1.165, 1.54) is 12.8 Å². The van der Waals surface area contributed by atoms with Crippen LogP contribution in [-0.2, 0) is 13.6 Å². The molecule has 0 atom stereocenters. The van der Waals surface area contributed by atoms with Crippen molar-refractivity contribution in [1.29, 1.82) is 0 Å². The van der Waals surface area contributed by atoms with E-state index in [4.69, 9.17) is 12.2 Å². The molecule has 0 bridgehead atoms. The van der Waals surface area contributed by atoms with Gasteiger partial charge in [0.05, 0.1) is 0 Å². The minimum atomic E-state index is 0.621. The number of H-pyrrole nitrogens is 1. The molecule has 0 saturated heterocycles. The number of hydrogen-bond donors (Lipinski definition) is 1. The van der Waals surface area contributed by atoms with E-state index in [-0.39, 0.29) is 0 Å². The summed E-state index contributed by atoms with van der Waals surface area (Å²) in [4.78, 5) is 4.11. The van der Waals surface area contributed by atoms with Crippen molar-refractivity contribution in [1.82, 2.24) is 19.9 Å². The van der Waals surface area contributed by atoms with E-state index in [2.05, 4.69) is 29.1 Å². The second-order valence-corrected chi connectivity index (χ2v) is 4.36. The van der Waals surface area contributed by atoms with Crippen LogP contribution in [0.5, 0.6) is 0 Å². The Morgan fingerprint density at radius 3 is 2.38 bits per heavy atom. The highest BCUT2D eigenvalue weighted by molar-refractivity contribution is 7.71. The van der Waals surface area contributed by atoms with E-state index >= 15 is 0 Å². The van der Waals surface area contributed by atoms with Crippen LogP contribution in [0.4, 0.5) is 0 Å². The lowest BCUT2D eigenvalue weighted by Gasteiger charge is -2.19. The summed E-state index contributed by atoms with van der Waals surface area (Å²) in [5, 5.41) is 7.18. The molecule has 0 radical (unpaired) electrons. The maximum absolute atomic E-state index is 5.14. The van der Waals surface area contributed by atoms with Gasteiger partial charge in [-0.25, -0.2) is 0 Å². The number of hydrogen-bond acceptors (Lipinski definition) is 3. The SMILES string of the molecule is CCCN(CCC)CCn1[nH][n+](C)nc1=S. The molecule has 1 N–H and O–H groups in total. The van der Waals surface area contributed by atoms with Gasteiger partial charge in [0.15, 0.2) is 0 Å². The molecule has 0 saturated carbocycles. The lowest BCUT2D eigenvalue weighted by molar-refractivity contribution is -0.785. The molecule has 0 aliphatic rings. The Hall–Kier alpha value is -0.750. The fourth-order valence-corrected chi connectivity index (χ4v) is 2.03. The highest BCUT2D eigenvalue weighted by atomic mass is 32.1. The third-order valence-corrected chi connectivity index (χ3v) is 2.75. The first kappa shape index (κ1) is 13.3. The number of nitrogens with one attached hydrogen (secondary N) is 1. The monoisotopic (exact) mass is 244 g/mol. The Kier molecular flexibility index (Phi) is 5.62. The zero-order chi connectivity index (χ0) is 12.0. The van der Waals surface area contributed by atoms with Gasteiger partial charge in [0.25, 0.3) is 0 Å². The standard InChI is InChI=1S/C10H21N5S/c1-4-6-14(7-5-2)8-9-15-10(16)11-13(3)12-15/h4-9H2,1-3H3/p+1. The average Bonchev–Trinajstić information content (AvgIpc) is 2.54. The van der Waals surface area contributed by atoms with E-state index in [1.807, 2.05) is 11.7 Å². The fraction of sp³-hybridized carbons (Fsp3) is 0.900. The summed E-state index contributed by atoms with van der Waals surface area (Å²) in [5.41, 5.74) is 0. The van der Waals surface area contributed by atoms with Gasteiger partial charge in [-0.15, -0.1) is 4.68 Å². The Morgan fingerprint density at radius 1 is 1.31 bits per heavy atom. The van der Waals surface area contributed by atoms with Crippen LogP contribution in [0, 0.1) is 4.77 Å². The summed E-state index contributed by atoms with van der Waals surface area (Å²) < 4.78 is 2.53. The van der Waals surface area contributed by atoms with Crippen LogP contribution >= 0.6 is 12.2 Å². The highest BCUT2D eigenvalue weighted by Crippen LogP contribution is 1.95. The normalized spacial score (nSPS) is 11.2. The molecular formula is C10H22N5S+. The van der Waals surface area contributed by atoms with Crippen LogP contribution in [0.1, 0.15) is 26.7 Å². The van der Waals surface area contributed by atoms with E-state index in [0.717, 1.165) is 26.2 Å². The van der Waals surface area contributed by atoms with Crippen LogP contribution < -0.4 is 4.80 Å². The fourth-order valence-electron chi connectivity index (χ4n) is 1.78. The summed E-state index contributed by atoms with van der Waals surface area (Å²) in [5.74, 6) is 0.